The molecule has 1 N–H and O–H groups in total. The molecule has 1 unspecified atom stereocenters. The first kappa shape index (κ1) is 26.7. The normalized spacial score (nSPS) is 31.8. The van der Waals surface area contributed by atoms with Crippen molar-refractivity contribution in [1.29, 1.82) is 0 Å². The lowest BCUT2D eigenvalue weighted by Crippen LogP contribution is -2.59. The summed E-state index contributed by atoms with van der Waals surface area (Å²) in [5.41, 5.74) is -1.15. The maximum absolute atomic E-state index is 14.6. The van der Waals surface area contributed by atoms with Crippen molar-refractivity contribution in [3.05, 3.63) is 89.5 Å². The van der Waals surface area contributed by atoms with Gasteiger partial charge in [-0.2, -0.15) is 0 Å². The van der Waals surface area contributed by atoms with Gasteiger partial charge in [0.1, 0.15) is 29.8 Å². The predicted molar refractivity (Wildman–Crippen MR) is 149 cm³/mol. The zero-order valence-corrected chi connectivity index (χ0v) is 22.9. The number of amides is 2. The zero-order valence-electron chi connectivity index (χ0n) is 22.1. The minimum Gasteiger partial charge on any atom is -0.461 e. The third kappa shape index (κ3) is 3.92. The van der Waals surface area contributed by atoms with Crippen LogP contribution in [0.25, 0.3) is 0 Å². The molecule has 6 rings (SSSR count). The van der Waals surface area contributed by atoms with Gasteiger partial charge in [-0.3, -0.25) is 14.4 Å². The van der Waals surface area contributed by atoms with E-state index in [1.807, 2.05) is 43.3 Å². The van der Waals surface area contributed by atoms with E-state index in [2.05, 4.69) is 0 Å². The van der Waals surface area contributed by atoms with E-state index in [4.69, 9.17) is 21.1 Å². The third-order valence-corrected chi connectivity index (χ3v) is 9.01. The van der Waals surface area contributed by atoms with Crippen molar-refractivity contribution in [1.82, 2.24) is 4.90 Å². The van der Waals surface area contributed by atoms with Crippen molar-refractivity contribution in [2.75, 3.05) is 24.7 Å². The molecule has 0 aliphatic carbocycles. The number of anilines is 1. The standard InChI is InChI=1S/C31H31ClN2O6/c1-2-30-14-9-17-39-29(38)25(30)24-27(36)34(21(19-35)18-20-10-4-3-5-11-20)26-28(37)33(16-8-15-31(24,26)40-30)23-13-7-6-12-22(23)32/h3-15,21,24-26,35H,2,16-19H2,1H3/t21-,24+,25+,26?,30-,31+/m1/s1. The van der Waals surface area contributed by atoms with Gasteiger partial charge in [0.05, 0.1) is 29.3 Å². The summed E-state index contributed by atoms with van der Waals surface area (Å²) in [6.45, 7) is 1.81. The molecule has 8 nitrogen and oxygen atoms in total. The van der Waals surface area contributed by atoms with E-state index in [1.54, 1.807) is 47.4 Å². The van der Waals surface area contributed by atoms with Gasteiger partial charge in [-0.1, -0.05) is 79.2 Å². The maximum atomic E-state index is 14.6. The van der Waals surface area contributed by atoms with Gasteiger partial charge in [0, 0.05) is 6.54 Å². The second kappa shape index (κ2) is 10.2. The minimum atomic E-state index is -1.45. The van der Waals surface area contributed by atoms with Crippen LogP contribution in [0.3, 0.4) is 0 Å². The Hall–Kier alpha value is -3.46. The van der Waals surface area contributed by atoms with Gasteiger partial charge in [-0.25, -0.2) is 0 Å². The number of carbonyl (C=O) groups excluding carboxylic acids is 3. The second-order valence-electron chi connectivity index (χ2n) is 10.7. The Balaban J connectivity index is 1.52. The Kier molecular flexibility index (Phi) is 6.81. The molecule has 9 heteroatoms. The second-order valence-corrected chi connectivity index (χ2v) is 11.1. The quantitative estimate of drug-likeness (QED) is 0.429. The number of esters is 1. The van der Waals surface area contributed by atoms with Crippen LogP contribution in [0.1, 0.15) is 18.9 Å². The highest BCUT2D eigenvalue weighted by Crippen LogP contribution is 2.59. The molecule has 0 saturated carbocycles. The number of benzene rings is 2. The van der Waals surface area contributed by atoms with Crippen molar-refractivity contribution >= 4 is 35.1 Å². The van der Waals surface area contributed by atoms with Crippen LogP contribution in [0.15, 0.2) is 78.9 Å². The lowest BCUT2D eigenvalue weighted by Gasteiger charge is -2.40. The number of likely N-dealkylation sites (tertiary alicyclic amines) is 1. The van der Waals surface area contributed by atoms with Crippen LogP contribution in [-0.4, -0.2) is 70.8 Å². The first-order valence-corrected chi connectivity index (χ1v) is 14.0. The Labute approximate surface area is 237 Å². The predicted octanol–water partition coefficient (Wildman–Crippen LogP) is 3.32. The molecule has 0 radical (unpaired) electrons. The van der Waals surface area contributed by atoms with E-state index in [-0.39, 0.29) is 25.7 Å². The number of rotatable bonds is 6. The molecule has 4 heterocycles. The summed E-state index contributed by atoms with van der Waals surface area (Å²) in [5.74, 6) is -3.29. The van der Waals surface area contributed by atoms with Crippen molar-refractivity contribution in [3.63, 3.8) is 0 Å². The van der Waals surface area contributed by atoms with E-state index in [9.17, 15) is 19.5 Å². The van der Waals surface area contributed by atoms with E-state index >= 15 is 0 Å². The minimum absolute atomic E-state index is 0.0871. The van der Waals surface area contributed by atoms with E-state index in [0.717, 1.165) is 5.56 Å². The van der Waals surface area contributed by atoms with Crippen LogP contribution in [0.4, 0.5) is 5.69 Å². The van der Waals surface area contributed by atoms with Crippen molar-refractivity contribution < 1.29 is 29.0 Å². The van der Waals surface area contributed by atoms with Crippen LogP contribution < -0.4 is 4.90 Å². The smallest absolute Gasteiger partial charge is 0.313 e. The number of hydrogen-bond donors (Lipinski definition) is 1. The number of nitrogens with zero attached hydrogens (tertiary/aromatic N) is 2. The van der Waals surface area contributed by atoms with E-state index in [0.29, 0.717) is 23.6 Å². The molecule has 0 aromatic heterocycles. The Bertz CT molecular complexity index is 1400. The van der Waals surface area contributed by atoms with Crippen molar-refractivity contribution in [2.45, 2.75) is 43.1 Å². The summed E-state index contributed by atoms with van der Waals surface area (Å²) < 4.78 is 12.4. The number of halogens is 1. The van der Waals surface area contributed by atoms with Crippen LogP contribution >= 0.6 is 11.6 Å². The monoisotopic (exact) mass is 562 g/mol. The Morgan fingerprint density at radius 1 is 1.00 bits per heavy atom. The average Bonchev–Trinajstić information content (AvgIpc) is 3.25. The molecule has 208 valence electrons. The molecule has 2 amide bonds. The molecule has 6 atom stereocenters. The van der Waals surface area contributed by atoms with Crippen LogP contribution in [0.2, 0.25) is 5.02 Å². The lowest BCUT2D eigenvalue weighted by molar-refractivity contribution is -0.159. The lowest BCUT2D eigenvalue weighted by atomic mass is 9.73. The fourth-order valence-corrected chi connectivity index (χ4v) is 7.19. The van der Waals surface area contributed by atoms with E-state index < -0.39 is 47.0 Å². The number of ether oxygens (including phenoxy) is 2. The Morgan fingerprint density at radius 2 is 1.75 bits per heavy atom. The molecule has 0 bridgehead atoms. The SMILES string of the molecule is CC[C@@]12C=CCOC(=O)[C@@H]1[C@H]1C(=O)N([C@@H](CO)Cc3ccccc3)C3C(=O)N(c4ccccc4Cl)CC=C[C@@]31O2. The topological polar surface area (TPSA) is 96.4 Å². The fraction of sp³-hybridized carbons (Fsp3) is 0.387. The molecule has 40 heavy (non-hydrogen) atoms. The average molecular weight is 563 g/mol. The number of para-hydroxylation sites is 1. The summed E-state index contributed by atoms with van der Waals surface area (Å²) in [7, 11) is 0. The largest absolute Gasteiger partial charge is 0.461 e. The summed E-state index contributed by atoms with van der Waals surface area (Å²) in [5, 5.41) is 11.0. The molecule has 2 fully saturated rings. The van der Waals surface area contributed by atoms with Crippen LogP contribution in [0.5, 0.6) is 0 Å². The maximum Gasteiger partial charge on any atom is 0.313 e. The third-order valence-electron chi connectivity index (χ3n) is 8.69. The number of aliphatic hydroxyl groups excluding tert-OH is 1. The Morgan fingerprint density at radius 3 is 2.48 bits per heavy atom. The molecular weight excluding hydrogens is 532 g/mol. The molecule has 2 aromatic carbocycles. The highest BCUT2D eigenvalue weighted by molar-refractivity contribution is 6.34. The number of cyclic esters (lactones) is 1. The van der Waals surface area contributed by atoms with Gasteiger partial charge >= 0.3 is 5.97 Å². The number of aliphatic hydroxyl groups is 1. The van der Waals surface area contributed by atoms with Gasteiger partial charge < -0.3 is 24.4 Å². The van der Waals surface area contributed by atoms with Crippen molar-refractivity contribution in [2.24, 2.45) is 11.8 Å². The van der Waals surface area contributed by atoms with Crippen molar-refractivity contribution in [3.8, 4) is 0 Å². The summed E-state index contributed by atoms with van der Waals surface area (Å²) in [6.07, 6.45) is 7.86. The molecular formula is C31H31ClN2O6. The molecule has 2 aromatic rings. The number of fused-ring (bicyclic) bond motifs is 2. The first-order valence-electron chi connectivity index (χ1n) is 13.6. The summed E-state index contributed by atoms with van der Waals surface area (Å²) >= 11 is 6.53. The van der Waals surface area contributed by atoms with Gasteiger partial charge in [0.2, 0.25) is 5.91 Å². The van der Waals surface area contributed by atoms with Gasteiger partial charge in [0.15, 0.2) is 0 Å². The van der Waals surface area contributed by atoms with Gasteiger partial charge in [0.25, 0.3) is 5.91 Å². The van der Waals surface area contributed by atoms with Gasteiger partial charge in [-0.15, -0.1) is 0 Å². The summed E-state index contributed by atoms with van der Waals surface area (Å²) in [6, 6.07) is 14.7. The number of carbonyl (C=O) groups is 3. The van der Waals surface area contributed by atoms with Gasteiger partial charge in [-0.05, 0) is 36.6 Å². The first-order chi connectivity index (χ1) is 19.4. The molecule has 4 aliphatic rings. The van der Waals surface area contributed by atoms with E-state index in [1.165, 1.54) is 4.90 Å². The van der Waals surface area contributed by atoms with Crippen LogP contribution in [0, 0.1) is 11.8 Å². The fourth-order valence-electron chi connectivity index (χ4n) is 6.95. The molecule has 1 spiro atoms. The summed E-state index contributed by atoms with van der Waals surface area (Å²) in [4.78, 5) is 45.6. The number of hydrogen-bond acceptors (Lipinski definition) is 6. The molecule has 2 saturated heterocycles. The highest BCUT2D eigenvalue weighted by Gasteiger charge is 2.76. The highest BCUT2D eigenvalue weighted by atomic mass is 35.5. The van der Waals surface area contributed by atoms with Crippen LogP contribution in [-0.2, 0) is 30.3 Å². The molecule has 4 aliphatic heterocycles. The zero-order chi connectivity index (χ0) is 28.1.